The average molecular weight is 344 g/mol. The third-order valence-electron chi connectivity index (χ3n) is 4.26. The Kier molecular flexibility index (Phi) is 6.89. The molecule has 0 radical (unpaired) electrons. The Morgan fingerprint density at radius 3 is 2.48 bits per heavy atom. The number of nitrogens with one attached hydrogen (secondary N) is 2. The molecule has 136 valence electrons. The SMILES string of the molecule is COc1ccc(CCNC(=O)NC[C@@H](c2cccn2C)N(C)C)cc1. The molecule has 0 spiro atoms. The molecule has 0 saturated heterocycles. The van der Waals surface area contributed by atoms with Crippen molar-refractivity contribution in [2.75, 3.05) is 34.3 Å². The van der Waals surface area contributed by atoms with E-state index in [9.17, 15) is 4.79 Å². The van der Waals surface area contributed by atoms with Crippen molar-refractivity contribution in [3.8, 4) is 5.75 Å². The number of carbonyl (C=O) groups excluding carboxylic acids is 1. The first-order valence-corrected chi connectivity index (χ1v) is 8.43. The van der Waals surface area contributed by atoms with E-state index in [0.29, 0.717) is 13.1 Å². The minimum atomic E-state index is -0.144. The Morgan fingerprint density at radius 2 is 1.92 bits per heavy atom. The number of nitrogens with zero attached hydrogens (tertiary/aromatic N) is 2. The number of amides is 2. The molecule has 0 unspecified atom stereocenters. The highest BCUT2D eigenvalue weighted by molar-refractivity contribution is 5.73. The van der Waals surface area contributed by atoms with Gasteiger partial charge in [-0.05, 0) is 50.3 Å². The summed E-state index contributed by atoms with van der Waals surface area (Å²) in [5.41, 5.74) is 2.33. The Bertz CT molecular complexity index is 664. The molecule has 0 saturated carbocycles. The number of urea groups is 1. The van der Waals surface area contributed by atoms with Crippen molar-refractivity contribution in [1.29, 1.82) is 0 Å². The maximum absolute atomic E-state index is 12.0. The number of methoxy groups -OCH3 is 1. The van der Waals surface area contributed by atoms with Crippen LogP contribution in [0.1, 0.15) is 17.3 Å². The summed E-state index contributed by atoms with van der Waals surface area (Å²) in [5, 5.41) is 5.87. The number of hydrogen-bond donors (Lipinski definition) is 2. The molecule has 2 aromatic rings. The minimum absolute atomic E-state index is 0.132. The van der Waals surface area contributed by atoms with Crippen molar-refractivity contribution in [2.24, 2.45) is 7.05 Å². The van der Waals surface area contributed by atoms with E-state index < -0.39 is 0 Å². The van der Waals surface area contributed by atoms with E-state index in [0.717, 1.165) is 17.7 Å². The van der Waals surface area contributed by atoms with E-state index >= 15 is 0 Å². The highest BCUT2D eigenvalue weighted by Gasteiger charge is 2.17. The summed E-state index contributed by atoms with van der Waals surface area (Å²) in [6.45, 7) is 1.15. The fourth-order valence-electron chi connectivity index (χ4n) is 2.74. The molecular formula is C19H28N4O2. The van der Waals surface area contributed by atoms with Crippen molar-refractivity contribution in [1.82, 2.24) is 20.1 Å². The van der Waals surface area contributed by atoms with Crippen LogP contribution in [0.2, 0.25) is 0 Å². The first-order valence-electron chi connectivity index (χ1n) is 8.43. The number of ether oxygens (including phenoxy) is 1. The van der Waals surface area contributed by atoms with Gasteiger partial charge in [-0.25, -0.2) is 4.79 Å². The van der Waals surface area contributed by atoms with Crippen molar-refractivity contribution in [2.45, 2.75) is 12.5 Å². The van der Waals surface area contributed by atoms with E-state index in [-0.39, 0.29) is 12.1 Å². The first-order chi connectivity index (χ1) is 12.0. The van der Waals surface area contributed by atoms with Gasteiger partial charge in [0.15, 0.2) is 0 Å². The zero-order chi connectivity index (χ0) is 18.2. The van der Waals surface area contributed by atoms with Crippen molar-refractivity contribution < 1.29 is 9.53 Å². The zero-order valence-electron chi connectivity index (χ0n) is 15.5. The maximum atomic E-state index is 12.0. The van der Waals surface area contributed by atoms with E-state index in [1.165, 1.54) is 5.69 Å². The summed E-state index contributed by atoms with van der Waals surface area (Å²) in [5.74, 6) is 0.838. The third-order valence-corrected chi connectivity index (χ3v) is 4.26. The molecule has 1 aromatic carbocycles. The summed E-state index contributed by atoms with van der Waals surface area (Å²) in [6.07, 6.45) is 2.80. The van der Waals surface area contributed by atoms with Gasteiger partial charge in [0.2, 0.25) is 0 Å². The molecule has 0 bridgehead atoms. The highest BCUT2D eigenvalue weighted by Crippen LogP contribution is 2.17. The van der Waals surface area contributed by atoms with Gasteiger partial charge in [0.05, 0.1) is 13.2 Å². The normalized spacial score (nSPS) is 12.0. The summed E-state index contributed by atoms with van der Waals surface area (Å²) in [6, 6.07) is 12.0. The Morgan fingerprint density at radius 1 is 1.20 bits per heavy atom. The first kappa shape index (κ1) is 18.9. The number of rotatable bonds is 8. The van der Waals surface area contributed by atoms with Gasteiger partial charge >= 0.3 is 6.03 Å². The predicted molar refractivity (Wildman–Crippen MR) is 99.9 cm³/mol. The number of likely N-dealkylation sites (N-methyl/N-ethyl adjacent to an activating group) is 1. The number of benzene rings is 1. The van der Waals surface area contributed by atoms with Crippen LogP contribution in [-0.2, 0) is 13.5 Å². The quantitative estimate of drug-likeness (QED) is 0.772. The lowest BCUT2D eigenvalue weighted by Gasteiger charge is -2.25. The molecule has 0 fully saturated rings. The third kappa shape index (κ3) is 5.53. The highest BCUT2D eigenvalue weighted by atomic mass is 16.5. The second kappa shape index (κ2) is 9.13. The topological polar surface area (TPSA) is 58.5 Å². The van der Waals surface area contributed by atoms with Gasteiger partial charge in [0.1, 0.15) is 5.75 Å². The summed E-state index contributed by atoms with van der Waals surface area (Å²) in [7, 11) is 7.69. The molecule has 1 atom stereocenters. The van der Waals surface area contributed by atoms with Gasteiger partial charge in [-0.15, -0.1) is 0 Å². The maximum Gasteiger partial charge on any atom is 0.314 e. The van der Waals surface area contributed by atoms with Crippen LogP contribution >= 0.6 is 0 Å². The molecule has 2 rings (SSSR count). The number of aromatic nitrogens is 1. The van der Waals surface area contributed by atoms with Gasteiger partial charge in [0.25, 0.3) is 0 Å². The minimum Gasteiger partial charge on any atom is -0.497 e. The summed E-state index contributed by atoms with van der Waals surface area (Å²) < 4.78 is 7.22. The second-order valence-corrected chi connectivity index (χ2v) is 6.26. The summed E-state index contributed by atoms with van der Waals surface area (Å²) in [4.78, 5) is 14.2. The Hall–Kier alpha value is -2.47. The molecule has 2 amide bonds. The molecule has 0 aliphatic carbocycles. The predicted octanol–water partition coefficient (Wildman–Crippen LogP) is 2.18. The molecule has 25 heavy (non-hydrogen) atoms. The number of hydrogen-bond acceptors (Lipinski definition) is 3. The molecule has 0 aliphatic rings. The lowest BCUT2D eigenvalue weighted by Crippen LogP contribution is -2.41. The smallest absolute Gasteiger partial charge is 0.314 e. The second-order valence-electron chi connectivity index (χ2n) is 6.26. The van der Waals surface area contributed by atoms with Crippen molar-refractivity contribution in [3.63, 3.8) is 0 Å². The fourth-order valence-corrected chi connectivity index (χ4v) is 2.74. The molecular weight excluding hydrogens is 316 g/mol. The molecule has 6 nitrogen and oxygen atoms in total. The summed E-state index contributed by atoms with van der Waals surface area (Å²) >= 11 is 0. The van der Waals surface area contributed by atoms with Crippen molar-refractivity contribution in [3.05, 3.63) is 53.9 Å². The van der Waals surface area contributed by atoms with Gasteiger partial charge in [-0.3, -0.25) is 4.90 Å². The van der Waals surface area contributed by atoms with E-state index in [1.54, 1.807) is 7.11 Å². The van der Waals surface area contributed by atoms with Crippen LogP contribution in [0.25, 0.3) is 0 Å². The van der Waals surface area contributed by atoms with Crippen LogP contribution in [0.4, 0.5) is 4.79 Å². The molecule has 1 aromatic heterocycles. The lowest BCUT2D eigenvalue weighted by molar-refractivity contribution is 0.231. The molecule has 0 aliphatic heterocycles. The molecule has 1 heterocycles. The Labute approximate surface area is 149 Å². The molecule has 6 heteroatoms. The van der Waals surface area contributed by atoms with Gasteiger partial charge in [-0.1, -0.05) is 12.1 Å². The van der Waals surface area contributed by atoms with Crippen LogP contribution in [0.3, 0.4) is 0 Å². The average Bonchev–Trinajstić information content (AvgIpc) is 3.01. The van der Waals surface area contributed by atoms with Gasteiger partial charge < -0.3 is 19.9 Å². The van der Waals surface area contributed by atoms with E-state index in [4.69, 9.17) is 4.74 Å². The van der Waals surface area contributed by atoms with Gasteiger partial charge in [-0.2, -0.15) is 0 Å². The largest absolute Gasteiger partial charge is 0.497 e. The fraction of sp³-hybridized carbons (Fsp3) is 0.421. The van der Waals surface area contributed by atoms with Gasteiger partial charge in [0, 0.05) is 32.0 Å². The van der Waals surface area contributed by atoms with E-state index in [2.05, 4.69) is 26.2 Å². The van der Waals surface area contributed by atoms with Crippen LogP contribution in [-0.4, -0.2) is 49.8 Å². The monoisotopic (exact) mass is 344 g/mol. The lowest BCUT2D eigenvalue weighted by atomic mass is 10.1. The van der Waals surface area contributed by atoms with Crippen LogP contribution in [0, 0.1) is 0 Å². The Balaban J connectivity index is 1.76. The van der Waals surface area contributed by atoms with Crippen molar-refractivity contribution >= 4 is 6.03 Å². The van der Waals surface area contributed by atoms with Crippen LogP contribution in [0.5, 0.6) is 5.75 Å². The number of carbonyl (C=O) groups is 1. The number of aryl methyl sites for hydroxylation is 1. The van der Waals surface area contributed by atoms with E-state index in [1.807, 2.05) is 57.7 Å². The zero-order valence-corrected chi connectivity index (χ0v) is 15.5. The van der Waals surface area contributed by atoms with Crippen LogP contribution < -0.4 is 15.4 Å². The van der Waals surface area contributed by atoms with Crippen LogP contribution in [0.15, 0.2) is 42.6 Å². The molecule has 2 N–H and O–H groups in total. The standard InChI is InChI=1S/C19H28N4O2/c1-22(2)18(17-6-5-13-23(17)3)14-21-19(24)20-12-11-15-7-9-16(25-4)10-8-15/h5-10,13,18H,11-12,14H2,1-4H3,(H2,20,21,24)/t18-/m0/s1.